The zero-order chi connectivity index (χ0) is 13.8. The summed E-state index contributed by atoms with van der Waals surface area (Å²) in [5.74, 6) is -0.410. The molecular weight excluding hydrogens is 242 g/mol. The Morgan fingerprint density at radius 1 is 1.05 bits per heavy atom. The number of nitrogens with two attached hydrogens (primary N) is 1. The van der Waals surface area contributed by atoms with Gasteiger partial charge in [0.2, 0.25) is 11.8 Å². The molecule has 2 rings (SSSR count). The summed E-state index contributed by atoms with van der Waals surface area (Å²) < 4.78 is 0. The summed E-state index contributed by atoms with van der Waals surface area (Å²) in [6.45, 7) is 1.82. The van der Waals surface area contributed by atoms with Crippen LogP contribution in [0.25, 0.3) is 0 Å². The molecule has 98 valence electrons. The third kappa shape index (κ3) is 2.82. The molecule has 0 saturated carbocycles. The minimum Gasteiger partial charge on any atom is -0.366 e. The number of rotatable bonds is 3. The third-order valence-corrected chi connectivity index (χ3v) is 2.82. The Bertz CT molecular complexity index is 532. The minimum absolute atomic E-state index is 0.0382. The van der Waals surface area contributed by atoms with Crippen LogP contribution in [0.4, 0.5) is 5.69 Å². The van der Waals surface area contributed by atoms with Crippen LogP contribution in [0.2, 0.25) is 0 Å². The number of anilines is 1. The van der Waals surface area contributed by atoms with Gasteiger partial charge in [0.15, 0.2) is 0 Å². The summed E-state index contributed by atoms with van der Waals surface area (Å²) in [5.41, 5.74) is 6.54. The smallest absolute Gasteiger partial charge is 0.248 e. The molecule has 5 nitrogen and oxygen atoms in total. The van der Waals surface area contributed by atoms with Gasteiger partial charge in [-0.15, -0.1) is 0 Å². The van der Waals surface area contributed by atoms with Gasteiger partial charge in [0.25, 0.3) is 0 Å². The number of hydrogen-bond acceptors (Lipinski definition) is 3. The molecule has 19 heavy (non-hydrogen) atoms. The van der Waals surface area contributed by atoms with E-state index < -0.39 is 5.91 Å². The Balaban J connectivity index is 2.11. The van der Waals surface area contributed by atoms with Crippen LogP contribution >= 0.6 is 0 Å². The number of nitrogens with zero attached hydrogens (tertiary/aromatic N) is 2. The highest BCUT2D eigenvalue weighted by Gasteiger charge is 2.10. The van der Waals surface area contributed by atoms with Crippen molar-refractivity contribution in [1.82, 2.24) is 4.90 Å². The molecule has 0 radical (unpaired) electrons. The second-order valence-electron chi connectivity index (χ2n) is 4.07. The molecule has 0 atom stereocenters. The van der Waals surface area contributed by atoms with E-state index in [9.17, 15) is 9.59 Å². The maximum absolute atomic E-state index is 11.5. The highest BCUT2D eigenvalue weighted by molar-refractivity contribution is 5.93. The number of carbonyl (C=O) groups is 2. The standard InChI is InChI=1S/C14H15N3O2/c1-2-13(18)17-9-7-16(8-10-17)12-5-3-11(4-6-12)14(15)19/h3-10H,2H2,1H3,(H2,15,19). The van der Waals surface area contributed by atoms with Crippen molar-refractivity contribution >= 4 is 17.5 Å². The van der Waals surface area contributed by atoms with Gasteiger partial charge in [-0.3, -0.25) is 14.5 Å². The number of benzene rings is 1. The maximum Gasteiger partial charge on any atom is 0.248 e. The zero-order valence-electron chi connectivity index (χ0n) is 10.6. The van der Waals surface area contributed by atoms with Crippen LogP contribution in [-0.2, 0) is 4.79 Å². The van der Waals surface area contributed by atoms with Crippen LogP contribution in [0.1, 0.15) is 23.7 Å². The Morgan fingerprint density at radius 3 is 2.11 bits per heavy atom. The number of amides is 2. The molecule has 0 saturated heterocycles. The second-order valence-corrected chi connectivity index (χ2v) is 4.07. The van der Waals surface area contributed by atoms with Crippen molar-refractivity contribution in [3.63, 3.8) is 0 Å². The van der Waals surface area contributed by atoms with E-state index in [-0.39, 0.29) is 5.91 Å². The van der Waals surface area contributed by atoms with Gasteiger partial charge in [-0.2, -0.15) is 0 Å². The van der Waals surface area contributed by atoms with Crippen molar-refractivity contribution in [2.45, 2.75) is 13.3 Å². The fourth-order valence-corrected chi connectivity index (χ4v) is 1.71. The van der Waals surface area contributed by atoms with Crippen molar-refractivity contribution in [2.24, 2.45) is 5.73 Å². The molecule has 0 fully saturated rings. The Labute approximate surface area is 111 Å². The largest absolute Gasteiger partial charge is 0.366 e. The van der Waals surface area contributed by atoms with E-state index in [4.69, 9.17) is 5.73 Å². The quantitative estimate of drug-likeness (QED) is 0.897. The molecular formula is C14H15N3O2. The third-order valence-electron chi connectivity index (χ3n) is 2.82. The second kappa shape index (κ2) is 5.39. The molecule has 5 heteroatoms. The average molecular weight is 257 g/mol. The van der Waals surface area contributed by atoms with Crippen molar-refractivity contribution in [1.29, 1.82) is 0 Å². The van der Waals surface area contributed by atoms with Crippen LogP contribution in [0, 0.1) is 0 Å². The summed E-state index contributed by atoms with van der Waals surface area (Å²) in [4.78, 5) is 25.8. The molecule has 2 N–H and O–H groups in total. The maximum atomic E-state index is 11.5. The number of carbonyl (C=O) groups excluding carboxylic acids is 2. The van der Waals surface area contributed by atoms with E-state index in [1.165, 1.54) is 4.90 Å². The lowest BCUT2D eigenvalue weighted by atomic mass is 10.2. The Morgan fingerprint density at radius 2 is 1.63 bits per heavy atom. The van der Waals surface area contributed by atoms with Gasteiger partial charge in [-0.05, 0) is 24.3 Å². The van der Waals surface area contributed by atoms with Crippen LogP contribution in [0.3, 0.4) is 0 Å². The van der Waals surface area contributed by atoms with Gasteiger partial charge in [-0.1, -0.05) is 6.92 Å². The summed E-state index contributed by atoms with van der Waals surface area (Å²) >= 11 is 0. The number of hydrogen-bond donors (Lipinski definition) is 1. The summed E-state index contributed by atoms with van der Waals surface area (Å²) in [6.07, 6.45) is 7.43. The Hall–Kier alpha value is -2.56. The summed E-state index contributed by atoms with van der Waals surface area (Å²) in [7, 11) is 0. The number of primary amides is 1. The lowest BCUT2D eigenvalue weighted by Crippen LogP contribution is -2.24. The molecule has 0 spiro atoms. The molecule has 0 unspecified atom stereocenters. The van der Waals surface area contributed by atoms with Crippen molar-refractivity contribution < 1.29 is 9.59 Å². The molecule has 1 heterocycles. The van der Waals surface area contributed by atoms with E-state index in [2.05, 4.69) is 0 Å². The van der Waals surface area contributed by atoms with Gasteiger partial charge in [0.1, 0.15) is 0 Å². The zero-order valence-corrected chi connectivity index (χ0v) is 10.6. The molecule has 0 aliphatic carbocycles. The summed E-state index contributed by atoms with van der Waals surface area (Å²) in [5, 5.41) is 0. The molecule has 0 aromatic heterocycles. The highest BCUT2D eigenvalue weighted by atomic mass is 16.2. The van der Waals surface area contributed by atoms with Crippen LogP contribution in [0.15, 0.2) is 49.1 Å². The molecule has 1 aromatic rings. The molecule has 1 aliphatic rings. The van der Waals surface area contributed by atoms with Gasteiger partial charge in [0.05, 0.1) is 0 Å². The van der Waals surface area contributed by atoms with Crippen molar-refractivity contribution in [2.75, 3.05) is 4.90 Å². The fraction of sp³-hybridized carbons (Fsp3) is 0.143. The first-order valence-corrected chi connectivity index (χ1v) is 5.98. The van der Waals surface area contributed by atoms with Crippen LogP contribution < -0.4 is 10.6 Å². The Kier molecular flexibility index (Phi) is 3.66. The molecule has 0 bridgehead atoms. The monoisotopic (exact) mass is 257 g/mol. The molecule has 1 aliphatic heterocycles. The molecule has 2 amide bonds. The average Bonchev–Trinajstić information content (AvgIpc) is 2.46. The fourth-order valence-electron chi connectivity index (χ4n) is 1.71. The van der Waals surface area contributed by atoms with E-state index in [1.807, 2.05) is 11.8 Å². The first kappa shape index (κ1) is 12.9. The summed E-state index contributed by atoms with van der Waals surface area (Å²) in [6, 6.07) is 6.93. The van der Waals surface area contributed by atoms with E-state index in [0.717, 1.165) is 5.69 Å². The van der Waals surface area contributed by atoms with Crippen molar-refractivity contribution in [3.8, 4) is 0 Å². The van der Waals surface area contributed by atoms with Gasteiger partial charge in [0, 0.05) is 42.5 Å². The van der Waals surface area contributed by atoms with Gasteiger partial charge >= 0.3 is 0 Å². The van der Waals surface area contributed by atoms with Gasteiger partial charge in [-0.25, -0.2) is 0 Å². The van der Waals surface area contributed by atoms with E-state index in [1.54, 1.807) is 49.1 Å². The lowest BCUT2D eigenvalue weighted by molar-refractivity contribution is -0.126. The van der Waals surface area contributed by atoms with Gasteiger partial charge < -0.3 is 10.6 Å². The van der Waals surface area contributed by atoms with E-state index in [0.29, 0.717) is 12.0 Å². The first-order valence-electron chi connectivity index (χ1n) is 5.98. The minimum atomic E-state index is -0.448. The van der Waals surface area contributed by atoms with Crippen LogP contribution in [0.5, 0.6) is 0 Å². The molecule has 1 aromatic carbocycles. The predicted molar refractivity (Wildman–Crippen MR) is 72.9 cm³/mol. The first-order chi connectivity index (χ1) is 9.11. The predicted octanol–water partition coefficient (Wildman–Crippen LogP) is 1.79. The SMILES string of the molecule is CCC(=O)N1C=CN(c2ccc(C(N)=O)cc2)C=C1. The van der Waals surface area contributed by atoms with Crippen molar-refractivity contribution in [3.05, 3.63) is 54.6 Å². The lowest BCUT2D eigenvalue weighted by Gasteiger charge is -2.23. The topological polar surface area (TPSA) is 66.6 Å². The van der Waals surface area contributed by atoms with E-state index >= 15 is 0 Å². The van der Waals surface area contributed by atoms with Crippen LogP contribution in [-0.4, -0.2) is 16.7 Å². The highest BCUT2D eigenvalue weighted by Crippen LogP contribution is 2.19. The normalized spacial score (nSPS) is 13.7.